The molecule has 2 atom stereocenters. The van der Waals surface area contributed by atoms with Crippen molar-refractivity contribution in [2.45, 2.75) is 38.3 Å². The summed E-state index contributed by atoms with van der Waals surface area (Å²) >= 11 is 3.16. The number of alkyl halides is 1. The predicted molar refractivity (Wildman–Crippen MR) is 63.8 cm³/mol. The second-order valence-electron chi connectivity index (χ2n) is 4.05. The normalized spacial score (nSPS) is 25.2. The summed E-state index contributed by atoms with van der Waals surface area (Å²) in [5.41, 5.74) is 0. The van der Waals surface area contributed by atoms with Crippen LogP contribution in [0.3, 0.4) is 0 Å². The van der Waals surface area contributed by atoms with E-state index in [1.165, 1.54) is 0 Å². The van der Waals surface area contributed by atoms with Crippen LogP contribution >= 0.6 is 15.9 Å². The number of halogens is 1. The summed E-state index contributed by atoms with van der Waals surface area (Å²) in [7, 11) is 0. The SMILES string of the molecule is C[C@H]1CCC[C@@H](CNC(=O)O)N1C(=O)CBr. The van der Waals surface area contributed by atoms with Crippen LogP contribution in [0.25, 0.3) is 0 Å². The molecule has 92 valence electrons. The molecule has 2 amide bonds. The molecule has 1 fully saturated rings. The summed E-state index contributed by atoms with van der Waals surface area (Å²) in [6, 6.07) is 0.185. The summed E-state index contributed by atoms with van der Waals surface area (Å²) < 4.78 is 0. The van der Waals surface area contributed by atoms with Gasteiger partial charge in [0, 0.05) is 18.6 Å². The maximum absolute atomic E-state index is 11.7. The lowest BCUT2D eigenvalue weighted by Crippen LogP contribution is -2.53. The molecule has 0 aromatic carbocycles. The molecule has 2 N–H and O–H groups in total. The van der Waals surface area contributed by atoms with Crippen molar-refractivity contribution in [3.8, 4) is 0 Å². The van der Waals surface area contributed by atoms with Crippen LogP contribution in [0, 0.1) is 0 Å². The van der Waals surface area contributed by atoms with Crippen LogP contribution in [0.15, 0.2) is 0 Å². The van der Waals surface area contributed by atoms with Crippen molar-refractivity contribution in [2.75, 3.05) is 11.9 Å². The monoisotopic (exact) mass is 292 g/mol. The number of nitrogens with zero attached hydrogens (tertiary/aromatic N) is 1. The Balaban J connectivity index is 2.63. The number of carbonyl (C=O) groups excluding carboxylic acids is 1. The largest absolute Gasteiger partial charge is 0.465 e. The van der Waals surface area contributed by atoms with E-state index in [1.807, 2.05) is 6.92 Å². The topological polar surface area (TPSA) is 69.6 Å². The van der Waals surface area contributed by atoms with Gasteiger partial charge < -0.3 is 15.3 Å². The van der Waals surface area contributed by atoms with E-state index in [-0.39, 0.29) is 18.0 Å². The van der Waals surface area contributed by atoms with Gasteiger partial charge in [-0.3, -0.25) is 4.79 Å². The fourth-order valence-electron chi connectivity index (χ4n) is 2.21. The molecule has 1 rings (SSSR count). The highest BCUT2D eigenvalue weighted by Gasteiger charge is 2.31. The first-order valence-electron chi connectivity index (χ1n) is 5.40. The number of carbonyl (C=O) groups is 2. The Hall–Kier alpha value is -0.780. The quantitative estimate of drug-likeness (QED) is 0.773. The maximum Gasteiger partial charge on any atom is 0.404 e. The molecule has 1 heterocycles. The average Bonchev–Trinajstić information content (AvgIpc) is 2.25. The number of hydrogen-bond donors (Lipinski definition) is 2. The molecule has 0 unspecified atom stereocenters. The average molecular weight is 293 g/mol. The van der Waals surface area contributed by atoms with E-state index >= 15 is 0 Å². The molecular formula is C10H17BrN2O3. The fraction of sp³-hybridized carbons (Fsp3) is 0.800. The van der Waals surface area contributed by atoms with E-state index in [2.05, 4.69) is 21.2 Å². The minimum absolute atomic E-state index is 0.00935. The molecule has 16 heavy (non-hydrogen) atoms. The first-order chi connectivity index (χ1) is 7.56. The summed E-state index contributed by atoms with van der Waals surface area (Å²) in [6.07, 6.45) is 1.86. The third-order valence-electron chi connectivity index (χ3n) is 2.92. The smallest absolute Gasteiger partial charge is 0.404 e. The molecule has 1 saturated heterocycles. The van der Waals surface area contributed by atoms with Crippen molar-refractivity contribution >= 4 is 27.9 Å². The van der Waals surface area contributed by atoms with Gasteiger partial charge in [-0.05, 0) is 26.2 Å². The number of rotatable bonds is 3. The lowest BCUT2D eigenvalue weighted by Gasteiger charge is -2.40. The molecule has 0 radical (unpaired) electrons. The van der Waals surface area contributed by atoms with Crippen molar-refractivity contribution in [1.82, 2.24) is 10.2 Å². The third kappa shape index (κ3) is 3.37. The molecule has 0 aromatic rings. The van der Waals surface area contributed by atoms with Crippen LogP contribution in [0.5, 0.6) is 0 Å². The van der Waals surface area contributed by atoms with E-state index in [0.717, 1.165) is 19.3 Å². The standard InChI is InChI=1S/C10H17BrN2O3/c1-7-3-2-4-8(6-12-10(15)16)13(7)9(14)5-11/h7-8,12H,2-6H2,1H3,(H,15,16)/t7-,8-/m0/s1. The van der Waals surface area contributed by atoms with E-state index in [9.17, 15) is 9.59 Å². The van der Waals surface area contributed by atoms with Crippen molar-refractivity contribution in [3.05, 3.63) is 0 Å². The van der Waals surface area contributed by atoms with Gasteiger partial charge >= 0.3 is 6.09 Å². The Bertz CT molecular complexity index is 273. The Morgan fingerprint density at radius 2 is 2.19 bits per heavy atom. The molecule has 1 aliphatic heterocycles. The highest BCUT2D eigenvalue weighted by molar-refractivity contribution is 9.09. The van der Waals surface area contributed by atoms with Crippen LogP contribution in [0.2, 0.25) is 0 Å². The van der Waals surface area contributed by atoms with Gasteiger partial charge in [-0.15, -0.1) is 0 Å². The molecule has 0 spiro atoms. The number of hydrogen-bond acceptors (Lipinski definition) is 2. The van der Waals surface area contributed by atoms with Crippen molar-refractivity contribution in [2.24, 2.45) is 0 Å². The molecule has 0 aliphatic carbocycles. The molecule has 0 bridgehead atoms. The molecule has 0 aromatic heterocycles. The van der Waals surface area contributed by atoms with Gasteiger partial charge in [-0.2, -0.15) is 0 Å². The molecular weight excluding hydrogens is 276 g/mol. The second-order valence-corrected chi connectivity index (χ2v) is 4.62. The van der Waals surface area contributed by atoms with Crippen LogP contribution < -0.4 is 5.32 Å². The summed E-state index contributed by atoms with van der Waals surface area (Å²) in [5.74, 6) is 0.0318. The van der Waals surface area contributed by atoms with E-state index < -0.39 is 6.09 Å². The zero-order valence-corrected chi connectivity index (χ0v) is 10.9. The van der Waals surface area contributed by atoms with Crippen LogP contribution in [0.1, 0.15) is 26.2 Å². The minimum Gasteiger partial charge on any atom is -0.465 e. The van der Waals surface area contributed by atoms with E-state index in [4.69, 9.17) is 5.11 Å². The highest BCUT2D eigenvalue weighted by atomic mass is 79.9. The van der Waals surface area contributed by atoms with Crippen LogP contribution in [-0.4, -0.2) is 46.0 Å². The molecule has 0 saturated carbocycles. The number of nitrogens with one attached hydrogen (secondary N) is 1. The Morgan fingerprint density at radius 1 is 1.50 bits per heavy atom. The van der Waals surface area contributed by atoms with Gasteiger partial charge in [-0.1, -0.05) is 15.9 Å². The summed E-state index contributed by atoms with van der Waals surface area (Å²) in [4.78, 5) is 24.0. The zero-order chi connectivity index (χ0) is 12.1. The Kier molecular flexibility index (Phi) is 5.05. The second kappa shape index (κ2) is 6.08. The van der Waals surface area contributed by atoms with Crippen molar-refractivity contribution in [1.29, 1.82) is 0 Å². The fourth-order valence-corrected chi connectivity index (χ4v) is 2.50. The summed E-state index contributed by atoms with van der Waals surface area (Å²) in [6.45, 7) is 2.33. The Labute approximate surface area is 103 Å². The van der Waals surface area contributed by atoms with Gasteiger partial charge in [-0.25, -0.2) is 4.79 Å². The molecule has 1 aliphatic rings. The number of piperidine rings is 1. The number of amides is 2. The van der Waals surface area contributed by atoms with Gasteiger partial charge in [0.05, 0.1) is 5.33 Å². The highest BCUT2D eigenvalue weighted by Crippen LogP contribution is 2.22. The van der Waals surface area contributed by atoms with Crippen molar-refractivity contribution in [3.63, 3.8) is 0 Å². The van der Waals surface area contributed by atoms with Gasteiger partial charge in [0.15, 0.2) is 0 Å². The maximum atomic E-state index is 11.7. The third-order valence-corrected chi connectivity index (χ3v) is 3.40. The Morgan fingerprint density at radius 3 is 2.75 bits per heavy atom. The van der Waals surface area contributed by atoms with Gasteiger partial charge in [0.25, 0.3) is 0 Å². The lowest BCUT2D eigenvalue weighted by atomic mass is 9.96. The molecule has 6 heteroatoms. The van der Waals surface area contributed by atoms with Crippen molar-refractivity contribution < 1.29 is 14.7 Å². The van der Waals surface area contributed by atoms with E-state index in [1.54, 1.807) is 4.90 Å². The zero-order valence-electron chi connectivity index (χ0n) is 9.28. The van der Waals surface area contributed by atoms with E-state index in [0.29, 0.717) is 11.9 Å². The predicted octanol–water partition coefficient (Wildman–Crippen LogP) is 1.42. The first-order valence-corrected chi connectivity index (χ1v) is 6.52. The lowest BCUT2D eigenvalue weighted by molar-refractivity contribution is -0.134. The number of carboxylic acid groups (broad SMARTS) is 1. The first kappa shape index (κ1) is 13.3. The minimum atomic E-state index is -1.04. The van der Waals surface area contributed by atoms with Gasteiger partial charge in [0.1, 0.15) is 0 Å². The summed E-state index contributed by atoms with van der Waals surface area (Å²) in [5, 5.41) is 11.2. The van der Waals surface area contributed by atoms with Crippen LogP contribution in [-0.2, 0) is 4.79 Å². The van der Waals surface area contributed by atoms with Crippen LogP contribution in [0.4, 0.5) is 4.79 Å². The van der Waals surface area contributed by atoms with Gasteiger partial charge in [0.2, 0.25) is 5.91 Å². The molecule has 5 nitrogen and oxygen atoms in total. The number of likely N-dealkylation sites (tertiary alicyclic amines) is 1.